The van der Waals surface area contributed by atoms with Crippen LogP contribution >= 0.6 is 11.8 Å². The van der Waals surface area contributed by atoms with Gasteiger partial charge >= 0.3 is 0 Å². The number of nitrogens with zero attached hydrogens (tertiary/aromatic N) is 1. The maximum Gasteiger partial charge on any atom is 0.236 e. The van der Waals surface area contributed by atoms with Gasteiger partial charge in [0, 0.05) is 11.9 Å². The lowest BCUT2D eigenvalue weighted by Gasteiger charge is -2.20. The van der Waals surface area contributed by atoms with Gasteiger partial charge in [0.2, 0.25) is 5.91 Å². The molecule has 1 heterocycles. The number of carbonyl (C=O) groups excluding carboxylic acids is 1. The number of benzene rings is 2. The Morgan fingerprint density at radius 1 is 1.22 bits per heavy atom. The fourth-order valence-corrected chi connectivity index (χ4v) is 3.92. The van der Waals surface area contributed by atoms with Crippen molar-refractivity contribution in [2.24, 2.45) is 0 Å². The summed E-state index contributed by atoms with van der Waals surface area (Å²) >= 11 is 1.67. The lowest BCUT2D eigenvalue weighted by atomic mass is 10.1. The first-order chi connectivity index (χ1) is 11.1. The van der Waals surface area contributed by atoms with Crippen molar-refractivity contribution in [1.29, 1.82) is 0 Å². The van der Waals surface area contributed by atoms with Gasteiger partial charge < -0.3 is 9.64 Å². The van der Waals surface area contributed by atoms with Gasteiger partial charge in [0.15, 0.2) is 0 Å². The summed E-state index contributed by atoms with van der Waals surface area (Å²) < 4.78 is 5.71. The molecule has 0 saturated carbocycles. The lowest BCUT2D eigenvalue weighted by Crippen LogP contribution is -2.37. The molecule has 1 unspecified atom stereocenters. The van der Waals surface area contributed by atoms with Crippen molar-refractivity contribution < 1.29 is 9.53 Å². The highest BCUT2D eigenvalue weighted by molar-refractivity contribution is 8.01. The second-order valence-corrected chi connectivity index (χ2v) is 7.08. The molecule has 4 heteroatoms. The second-order valence-electron chi connectivity index (χ2n) is 5.84. The minimum atomic E-state index is -0.00299. The van der Waals surface area contributed by atoms with Gasteiger partial charge in [-0.15, -0.1) is 11.8 Å². The molecular formula is C19H21NO2S. The number of carbonyl (C=O) groups is 1. The fourth-order valence-electron chi connectivity index (χ4n) is 2.61. The molecule has 3 nitrogen and oxygen atoms in total. The largest absolute Gasteiger partial charge is 0.492 e. The molecule has 120 valence electrons. The highest BCUT2D eigenvalue weighted by Gasteiger charge is 2.29. The Morgan fingerprint density at radius 2 is 1.96 bits per heavy atom. The third-order valence-electron chi connectivity index (χ3n) is 4.02. The molecule has 0 bridgehead atoms. The standard InChI is InChI=1S/C19H21NO2S/c1-14-7-9-16(10-8-14)22-12-11-20(2)19(21)18-13-15-5-3-4-6-17(15)23-18/h3-10,18H,11-13H2,1-2H3. The molecule has 1 amide bonds. The van der Waals surface area contributed by atoms with Crippen LogP contribution in [0.15, 0.2) is 53.4 Å². The van der Waals surface area contributed by atoms with Crippen molar-refractivity contribution in [3.8, 4) is 5.75 Å². The van der Waals surface area contributed by atoms with E-state index >= 15 is 0 Å². The Kier molecular flexibility index (Phi) is 4.91. The summed E-state index contributed by atoms with van der Waals surface area (Å²) in [5.74, 6) is 1.03. The average Bonchev–Trinajstić information content (AvgIpc) is 3.00. The molecule has 2 aromatic rings. The van der Waals surface area contributed by atoms with Crippen LogP contribution in [-0.4, -0.2) is 36.3 Å². The van der Waals surface area contributed by atoms with Crippen LogP contribution in [-0.2, 0) is 11.2 Å². The minimum absolute atomic E-state index is 0.00299. The van der Waals surface area contributed by atoms with Gasteiger partial charge in [-0.25, -0.2) is 0 Å². The fraction of sp³-hybridized carbons (Fsp3) is 0.316. The van der Waals surface area contributed by atoms with E-state index in [2.05, 4.69) is 12.1 Å². The van der Waals surface area contributed by atoms with Gasteiger partial charge in [0.05, 0.1) is 11.8 Å². The summed E-state index contributed by atoms with van der Waals surface area (Å²) in [5, 5.41) is -0.00299. The average molecular weight is 327 g/mol. The molecule has 1 aliphatic heterocycles. The van der Waals surface area contributed by atoms with Gasteiger partial charge in [-0.1, -0.05) is 35.9 Å². The highest BCUT2D eigenvalue weighted by Crippen LogP contribution is 2.37. The van der Waals surface area contributed by atoms with Gasteiger partial charge in [-0.05, 0) is 37.1 Å². The molecule has 1 atom stereocenters. The first-order valence-electron chi connectivity index (χ1n) is 7.82. The molecule has 3 rings (SSSR count). The van der Waals surface area contributed by atoms with Crippen LogP contribution in [0.1, 0.15) is 11.1 Å². The van der Waals surface area contributed by atoms with E-state index in [0.717, 1.165) is 12.2 Å². The summed E-state index contributed by atoms with van der Waals surface area (Å²) in [5.41, 5.74) is 2.49. The first kappa shape index (κ1) is 15.9. The predicted octanol–water partition coefficient (Wildman–Crippen LogP) is 3.55. The smallest absolute Gasteiger partial charge is 0.236 e. The Labute approximate surface area is 141 Å². The Bertz CT molecular complexity index is 659. The Morgan fingerprint density at radius 3 is 2.70 bits per heavy atom. The summed E-state index contributed by atoms with van der Waals surface area (Å²) in [7, 11) is 1.85. The van der Waals surface area contributed by atoms with Crippen LogP contribution in [0.25, 0.3) is 0 Å². The van der Waals surface area contributed by atoms with E-state index in [9.17, 15) is 4.79 Å². The normalized spacial score (nSPS) is 16.0. The highest BCUT2D eigenvalue weighted by atomic mass is 32.2. The monoisotopic (exact) mass is 327 g/mol. The molecule has 0 fully saturated rings. The van der Waals surface area contributed by atoms with Gasteiger partial charge in [-0.3, -0.25) is 4.79 Å². The van der Waals surface area contributed by atoms with Crippen LogP contribution in [0.4, 0.5) is 0 Å². The van der Waals surface area contributed by atoms with E-state index in [-0.39, 0.29) is 11.2 Å². The van der Waals surface area contributed by atoms with E-state index in [1.165, 1.54) is 16.0 Å². The number of fused-ring (bicyclic) bond motifs is 1. The van der Waals surface area contributed by atoms with E-state index in [1.807, 2.05) is 50.4 Å². The minimum Gasteiger partial charge on any atom is -0.492 e. The van der Waals surface area contributed by atoms with Crippen LogP contribution in [0.2, 0.25) is 0 Å². The molecule has 0 aliphatic carbocycles. The lowest BCUT2D eigenvalue weighted by molar-refractivity contribution is -0.129. The van der Waals surface area contributed by atoms with Crippen molar-refractivity contribution in [2.75, 3.05) is 20.2 Å². The molecule has 1 aliphatic rings. The van der Waals surface area contributed by atoms with Crippen molar-refractivity contribution >= 4 is 17.7 Å². The quantitative estimate of drug-likeness (QED) is 0.841. The molecule has 0 spiro atoms. The SMILES string of the molecule is Cc1ccc(OCCN(C)C(=O)C2Cc3ccccc3S2)cc1. The summed E-state index contributed by atoms with van der Waals surface area (Å²) in [6.07, 6.45) is 0.822. The van der Waals surface area contributed by atoms with Crippen LogP contribution < -0.4 is 4.74 Å². The van der Waals surface area contributed by atoms with E-state index in [1.54, 1.807) is 16.7 Å². The topological polar surface area (TPSA) is 29.5 Å². The van der Waals surface area contributed by atoms with E-state index < -0.39 is 0 Å². The summed E-state index contributed by atoms with van der Waals surface area (Å²) in [4.78, 5) is 15.6. The van der Waals surface area contributed by atoms with Crippen LogP contribution in [0.5, 0.6) is 5.75 Å². The third-order valence-corrected chi connectivity index (χ3v) is 5.32. The number of thioether (sulfide) groups is 1. The predicted molar refractivity (Wildman–Crippen MR) is 94.1 cm³/mol. The molecule has 0 N–H and O–H groups in total. The Hall–Kier alpha value is -1.94. The maximum atomic E-state index is 12.6. The van der Waals surface area contributed by atoms with Gasteiger partial charge in [0.25, 0.3) is 0 Å². The number of rotatable bonds is 5. The van der Waals surface area contributed by atoms with E-state index in [4.69, 9.17) is 4.74 Å². The maximum absolute atomic E-state index is 12.6. The number of hydrogen-bond acceptors (Lipinski definition) is 3. The Balaban J connectivity index is 1.48. The number of likely N-dealkylation sites (N-methyl/N-ethyl adjacent to an activating group) is 1. The summed E-state index contributed by atoms with van der Waals surface area (Å²) in [6, 6.07) is 16.2. The second kappa shape index (κ2) is 7.09. The number of amides is 1. The zero-order chi connectivity index (χ0) is 16.2. The number of aryl methyl sites for hydroxylation is 1. The zero-order valence-electron chi connectivity index (χ0n) is 13.5. The molecule has 2 aromatic carbocycles. The van der Waals surface area contributed by atoms with E-state index in [0.29, 0.717) is 13.2 Å². The zero-order valence-corrected chi connectivity index (χ0v) is 14.3. The number of ether oxygens (including phenoxy) is 1. The van der Waals surface area contributed by atoms with Gasteiger partial charge in [0.1, 0.15) is 12.4 Å². The van der Waals surface area contributed by atoms with Crippen molar-refractivity contribution in [3.05, 3.63) is 59.7 Å². The summed E-state index contributed by atoms with van der Waals surface area (Å²) in [6.45, 7) is 3.16. The van der Waals surface area contributed by atoms with Crippen molar-refractivity contribution in [2.45, 2.75) is 23.5 Å². The molecule has 23 heavy (non-hydrogen) atoms. The molecular weight excluding hydrogens is 306 g/mol. The molecule has 0 saturated heterocycles. The van der Waals surface area contributed by atoms with Crippen LogP contribution in [0.3, 0.4) is 0 Å². The molecule has 0 aromatic heterocycles. The first-order valence-corrected chi connectivity index (χ1v) is 8.70. The molecule has 0 radical (unpaired) electrons. The van der Waals surface area contributed by atoms with Crippen molar-refractivity contribution in [3.63, 3.8) is 0 Å². The third kappa shape index (κ3) is 3.88. The van der Waals surface area contributed by atoms with Gasteiger partial charge in [-0.2, -0.15) is 0 Å². The van der Waals surface area contributed by atoms with Crippen LogP contribution in [0, 0.1) is 6.92 Å². The number of hydrogen-bond donors (Lipinski definition) is 0. The van der Waals surface area contributed by atoms with Crippen molar-refractivity contribution in [1.82, 2.24) is 4.90 Å².